The van der Waals surface area contributed by atoms with Gasteiger partial charge in [-0.3, -0.25) is 14.4 Å². The van der Waals surface area contributed by atoms with E-state index in [1.807, 2.05) is 13.2 Å². The number of carbonyl (C=O) groups excluding carboxylic acids is 3. The fourth-order valence-electron chi connectivity index (χ4n) is 3.52. The van der Waals surface area contributed by atoms with Crippen LogP contribution in [0, 0.1) is 11.7 Å². The minimum Gasteiger partial charge on any atom is -0.491 e. The van der Waals surface area contributed by atoms with Crippen molar-refractivity contribution in [2.75, 3.05) is 38.1 Å². The molecule has 1 unspecified atom stereocenters. The first kappa shape index (κ1) is 25.5. The Kier molecular flexibility index (Phi) is 8.49. The van der Waals surface area contributed by atoms with Crippen molar-refractivity contribution in [3.05, 3.63) is 46.9 Å². The van der Waals surface area contributed by atoms with Gasteiger partial charge < -0.3 is 19.7 Å². The van der Waals surface area contributed by atoms with Gasteiger partial charge in [0.25, 0.3) is 11.8 Å². The summed E-state index contributed by atoms with van der Waals surface area (Å²) >= 11 is 1.48. The van der Waals surface area contributed by atoms with E-state index in [4.69, 9.17) is 9.47 Å². The summed E-state index contributed by atoms with van der Waals surface area (Å²) in [6.07, 6.45) is 3.82. The van der Waals surface area contributed by atoms with E-state index >= 15 is 0 Å². The zero-order chi connectivity index (χ0) is 24.8. The molecule has 1 saturated carbocycles. The molecule has 1 aliphatic rings. The molecule has 1 aromatic carbocycles. The quantitative estimate of drug-likeness (QED) is 0.477. The van der Waals surface area contributed by atoms with E-state index in [1.165, 1.54) is 36.9 Å². The molecule has 1 aromatic heterocycles. The van der Waals surface area contributed by atoms with Gasteiger partial charge in [-0.05, 0) is 50.3 Å². The summed E-state index contributed by atoms with van der Waals surface area (Å²) < 4.78 is 25.7. The highest BCUT2D eigenvalue weighted by molar-refractivity contribution is 7.98. The number of pyridine rings is 1. The molecule has 0 spiro atoms. The minimum absolute atomic E-state index is 0.113. The number of amides is 2. The molecule has 8 nitrogen and oxygen atoms in total. The number of aldehydes is 1. The molecule has 1 N–H and O–H groups in total. The van der Waals surface area contributed by atoms with Gasteiger partial charge in [-0.15, -0.1) is 0 Å². The molecule has 0 radical (unpaired) electrons. The number of anilines is 1. The lowest BCUT2D eigenvalue weighted by Gasteiger charge is -2.28. The Balaban J connectivity index is 1.98. The summed E-state index contributed by atoms with van der Waals surface area (Å²) in [5, 5.41) is 2.65. The molecule has 0 saturated heterocycles. The smallest absolute Gasteiger partial charge is 0.257 e. The highest BCUT2D eigenvalue weighted by Crippen LogP contribution is 2.33. The normalized spacial score (nSPS) is 13.7. The number of halogens is 1. The van der Waals surface area contributed by atoms with E-state index in [9.17, 15) is 18.8 Å². The summed E-state index contributed by atoms with van der Waals surface area (Å²) in [7, 11) is 3.03. The largest absolute Gasteiger partial charge is 0.491 e. The van der Waals surface area contributed by atoms with E-state index in [0.717, 1.165) is 18.9 Å². The minimum atomic E-state index is -0.844. The number of carbonyl (C=O) groups is 3. The van der Waals surface area contributed by atoms with Crippen LogP contribution in [0.2, 0.25) is 0 Å². The number of aromatic nitrogens is 1. The maximum Gasteiger partial charge on any atom is 0.257 e. The van der Waals surface area contributed by atoms with Gasteiger partial charge in [0.15, 0.2) is 12.0 Å². The van der Waals surface area contributed by atoms with E-state index in [1.54, 1.807) is 12.1 Å². The van der Waals surface area contributed by atoms with Gasteiger partial charge in [0, 0.05) is 18.7 Å². The summed E-state index contributed by atoms with van der Waals surface area (Å²) in [6.45, 7) is 2.20. The van der Waals surface area contributed by atoms with Crippen LogP contribution in [0.25, 0.3) is 0 Å². The summed E-state index contributed by atoms with van der Waals surface area (Å²) in [5.41, 5.74) is 0.0653. The average molecular weight is 490 g/mol. The van der Waals surface area contributed by atoms with Crippen molar-refractivity contribution in [3.8, 4) is 11.6 Å². The highest BCUT2D eigenvalue weighted by atomic mass is 32.2. The van der Waals surface area contributed by atoms with E-state index < -0.39 is 23.3 Å². The molecule has 1 fully saturated rings. The van der Waals surface area contributed by atoms with Gasteiger partial charge in [-0.2, -0.15) is 11.8 Å². The van der Waals surface area contributed by atoms with Crippen LogP contribution in [0.1, 0.15) is 52.2 Å². The lowest BCUT2D eigenvalue weighted by molar-refractivity contribution is -0.117. The van der Waals surface area contributed by atoms with Crippen molar-refractivity contribution in [2.45, 2.75) is 25.8 Å². The molecule has 3 rings (SSSR count). The molecule has 0 aliphatic heterocycles. The number of ether oxygens (including phenoxy) is 2. The van der Waals surface area contributed by atoms with Gasteiger partial charge in [0.2, 0.25) is 5.91 Å². The molecular formula is C24H28FN3O5S. The molecule has 34 heavy (non-hydrogen) atoms. The SMILES string of the molecule is CCOc1nc(C(CSC)N(C)C(=O)c2c(F)ccc(NC(=O)C3CC3)c2C=O)ccc1OC. The zero-order valence-electron chi connectivity index (χ0n) is 19.6. The second-order valence-corrected chi connectivity index (χ2v) is 8.74. The van der Waals surface area contributed by atoms with Crippen molar-refractivity contribution in [2.24, 2.45) is 5.92 Å². The number of thioether (sulfide) groups is 1. The van der Waals surface area contributed by atoms with Gasteiger partial charge in [-0.1, -0.05) is 0 Å². The number of hydrogen-bond acceptors (Lipinski definition) is 7. The maximum atomic E-state index is 14.9. The number of nitrogens with zero attached hydrogens (tertiary/aromatic N) is 2. The Morgan fingerprint density at radius 2 is 2.06 bits per heavy atom. The Labute approximate surface area is 202 Å². The van der Waals surface area contributed by atoms with Crippen LogP contribution in [0.3, 0.4) is 0 Å². The Morgan fingerprint density at radius 1 is 1.32 bits per heavy atom. The highest BCUT2D eigenvalue weighted by Gasteiger charge is 2.32. The van der Waals surface area contributed by atoms with Crippen LogP contribution in [0.15, 0.2) is 24.3 Å². The number of benzene rings is 1. The first-order valence-corrected chi connectivity index (χ1v) is 12.3. The molecule has 182 valence electrons. The standard InChI is InChI=1S/C24H28FN3O5S/c1-5-33-23-20(32-3)11-10-18(27-23)19(13-34-4)28(2)24(31)21-15(12-29)17(9-8-16(21)25)26-22(30)14-6-7-14/h8-12,14,19H,5-7,13H2,1-4H3,(H,26,30). The van der Waals surface area contributed by atoms with Crippen molar-refractivity contribution in [1.82, 2.24) is 9.88 Å². The molecule has 0 bridgehead atoms. The first-order valence-electron chi connectivity index (χ1n) is 10.9. The Hall–Kier alpha value is -3.14. The predicted octanol–water partition coefficient (Wildman–Crippen LogP) is 3.97. The molecule has 2 amide bonds. The molecule has 2 aromatic rings. The van der Waals surface area contributed by atoms with Crippen molar-refractivity contribution >= 4 is 35.5 Å². The summed E-state index contributed by atoms with van der Waals surface area (Å²) in [5.74, 6) is -0.690. The van der Waals surface area contributed by atoms with Gasteiger partial charge in [0.05, 0.1) is 42.3 Å². The van der Waals surface area contributed by atoms with Crippen LogP contribution in [0.4, 0.5) is 10.1 Å². The van der Waals surface area contributed by atoms with E-state index in [-0.39, 0.29) is 23.1 Å². The molecule has 1 atom stereocenters. The van der Waals surface area contributed by atoms with Crippen LogP contribution in [-0.4, -0.2) is 60.8 Å². The van der Waals surface area contributed by atoms with E-state index in [0.29, 0.717) is 36.0 Å². The van der Waals surface area contributed by atoms with Gasteiger partial charge in [0.1, 0.15) is 5.82 Å². The van der Waals surface area contributed by atoms with Crippen LogP contribution in [0.5, 0.6) is 11.6 Å². The number of rotatable bonds is 11. The topological polar surface area (TPSA) is 97.8 Å². The molecule has 1 heterocycles. The fourth-order valence-corrected chi connectivity index (χ4v) is 4.23. The predicted molar refractivity (Wildman–Crippen MR) is 128 cm³/mol. The third kappa shape index (κ3) is 5.49. The van der Waals surface area contributed by atoms with E-state index in [2.05, 4.69) is 10.3 Å². The molecule has 1 aliphatic carbocycles. The Bertz CT molecular complexity index is 1080. The van der Waals surface area contributed by atoms with Gasteiger partial charge >= 0.3 is 0 Å². The third-order valence-electron chi connectivity index (χ3n) is 5.53. The lowest BCUT2D eigenvalue weighted by atomic mass is 10.0. The lowest BCUT2D eigenvalue weighted by Crippen LogP contribution is -2.34. The first-order chi connectivity index (χ1) is 16.4. The summed E-state index contributed by atoms with van der Waals surface area (Å²) in [4.78, 5) is 43.5. The van der Waals surface area contributed by atoms with Crippen molar-refractivity contribution in [1.29, 1.82) is 0 Å². The van der Waals surface area contributed by atoms with Crippen molar-refractivity contribution in [3.63, 3.8) is 0 Å². The Morgan fingerprint density at radius 3 is 2.65 bits per heavy atom. The van der Waals surface area contributed by atoms with Crippen LogP contribution >= 0.6 is 11.8 Å². The van der Waals surface area contributed by atoms with Crippen molar-refractivity contribution < 1.29 is 28.2 Å². The zero-order valence-corrected chi connectivity index (χ0v) is 20.4. The van der Waals surface area contributed by atoms with Gasteiger partial charge in [-0.25, -0.2) is 9.37 Å². The number of methoxy groups -OCH3 is 1. The number of nitrogens with one attached hydrogen (secondary N) is 1. The summed E-state index contributed by atoms with van der Waals surface area (Å²) in [6, 6.07) is 5.25. The average Bonchev–Trinajstić information content (AvgIpc) is 3.68. The maximum absolute atomic E-state index is 14.9. The van der Waals surface area contributed by atoms with Crippen LogP contribution < -0.4 is 14.8 Å². The van der Waals surface area contributed by atoms with Crippen LogP contribution in [-0.2, 0) is 4.79 Å². The second kappa shape index (κ2) is 11.3. The number of hydrogen-bond donors (Lipinski definition) is 1. The molecule has 10 heteroatoms. The fraction of sp³-hybridized carbons (Fsp3) is 0.417. The second-order valence-electron chi connectivity index (χ2n) is 7.83. The molecular weight excluding hydrogens is 461 g/mol. The monoisotopic (exact) mass is 489 g/mol. The third-order valence-corrected chi connectivity index (χ3v) is 6.18.